The van der Waals surface area contributed by atoms with Gasteiger partial charge in [-0.3, -0.25) is 4.79 Å². The van der Waals surface area contributed by atoms with Crippen LogP contribution in [0.1, 0.15) is 32.6 Å². The van der Waals surface area contributed by atoms with E-state index in [9.17, 15) is 14.7 Å². The molecule has 0 radical (unpaired) electrons. The average molecular weight is 219 g/mol. The summed E-state index contributed by atoms with van der Waals surface area (Å²) in [5.74, 6) is -1.54. The Morgan fingerprint density at radius 1 is 1.31 bits per heavy atom. The first kappa shape index (κ1) is 17.7. The van der Waals surface area contributed by atoms with Crippen LogP contribution < -0.4 is 24.0 Å². The van der Waals surface area contributed by atoms with Gasteiger partial charge in [0, 0.05) is 7.05 Å². The Labute approximate surface area is 109 Å². The summed E-state index contributed by atoms with van der Waals surface area (Å²) < 4.78 is 0. The number of carboxylic acids is 1. The van der Waals surface area contributed by atoms with Gasteiger partial charge < -0.3 is 14.8 Å². The summed E-state index contributed by atoms with van der Waals surface area (Å²) in [4.78, 5) is 22.6. The van der Waals surface area contributed by atoms with Crippen LogP contribution >= 0.6 is 0 Å². The van der Waals surface area contributed by atoms with Gasteiger partial charge in [0.05, 0.1) is 12.5 Å². The Bertz CT molecular complexity index is 241. The minimum atomic E-state index is -1.25. The number of hydrogen-bond acceptors (Lipinski definition) is 3. The normalized spacial score (nSPS) is 9.88. The number of nitrogens with zero attached hydrogens (tertiary/aromatic N) is 1. The van der Waals surface area contributed by atoms with Crippen molar-refractivity contribution in [2.75, 3.05) is 13.6 Å². The largest absolute Gasteiger partial charge is 1.00 e. The van der Waals surface area contributed by atoms with E-state index in [0.717, 1.165) is 30.6 Å². The van der Waals surface area contributed by atoms with Crippen molar-refractivity contribution in [2.24, 2.45) is 0 Å². The molecule has 86 valence electrons. The number of carboxylic acid groups (broad SMARTS) is 1. The number of likely N-dealkylation sites (N-methyl/N-ethyl adjacent to an activating group) is 1. The molecule has 0 spiro atoms. The maximum atomic E-state index is 11.3. The number of hydrogen-bond donors (Lipinski definition) is 0. The number of carbonyl (C=O) groups is 2. The molecule has 0 atom stereocenters. The van der Waals surface area contributed by atoms with E-state index in [0.29, 0.717) is 0 Å². The second kappa shape index (κ2) is 10.8. The molecule has 16 heavy (non-hydrogen) atoms. The van der Waals surface area contributed by atoms with Crippen molar-refractivity contribution >= 4 is 11.9 Å². The summed E-state index contributed by atoms with van der Waals surface area (Å²) >= 11 is 0. The summed E-state index contributed by atoms with van der Waals surface area (Å²) in [5, 5.41) is 10.2. The van der Waals surface area contributed by atoms with Gasteiger partial charge in [0.1, 0.15) is 0 Å². The van der Waals surface area contributed by atoms with E-state index in [1.165, 1.54) is 13.1 Å². The molecule has 0 aromatic rings. The average Bonchev–Trinajstić information content (AvgIpc) is 2.16. The number of carbonyl (C=O) groups excluding carboxylic acids is 2. The van der Waals surface area contributed by atoms with Crippen molar-refractivity contribution in [3.05, 3.63) is 12.2 Å². The summed E-state index contributed by atoms with van der Waals surface area (Å²) in [6.07, 6.45) is 7.41. The molecule has 0 bridgehead atoms. The standard InChI is InChI=1S/C11H19NO3.Li/c1-3-4-5-6-7-8-10(13)12(2)9-11(14)15;/h7-8H,3-6,9H2,1-2H3,(H,14,15);/q;+1/p-1/b8-7+;. The van der Waals surface area contributed by atoms with E-state index in [4.69, 9.17) is 0 Å². The Kier molecular flexibility index (Phi) is 11.9. The van der Waals surface area contributed by atoms with Gasteiger partial charge in [-0.25, -0.2) is 0 Å². The monoisotopic (exact) mass is 219 g/mol. The van der Waals surface area contributed by atoms with Gasteiger partial charge in [-0.05, 0) is 18.9 Å². The third-order valence-corrected chi connectivity index (χ3v) is 1.98. The summed E-state index contributed by atoms with van der Waals surface area (Å²) in [6.45, 7) is 1.75. The molecule has 0 fully saturated rings. The van der Waals surface area contributed by atoms with Crippen molar-refractivity contribution in [2.45, 2.75) is 32.6 Å². The van der Waals surface area contributed by atoms with Crippen LogP contribution in [0.5, 0.6) is 0 Å². The zero-order chi connectivity index (χ0) is 11.7. The van der Waals surface area contributed by atoms with Crippen molar-refractivity contribution in [3.8, 4) is 0 Å². The smallest absolute Gasteiger partial charge is 0.548 e. The fourth-order valence-electron chi connectivity index (χ4n) is 1.10. The van der Waals surface area contributed by atoms with Crippen LogP contribution in [0.25, 0.3) is 0 Å². The second-order valence-corrected chi connectivity index (χ2v) is 3.46. The molecule has 0 aliphatic rings. The summed E-state index contributed by atoms with van der Waals surface area (Å²) in [6, 6.07) is 0. The Balaban J connectivity index is 0. The second-order valence-electron chi connectivity index (χ2n) is 3.46. The van der Waals surface area contributed by atoms with E-state index in [1.54, 1.807) is 6.08 Å². The van der Waals surface area contributed by atoms with Gasteiger partial charge in [0.25, 0.3) is 0 Å². The SMILES string of the molecule is CCCCC/C=C/C(=O)N(C)CC(=O)[O-].[Li+]. The molecule has 0 aromatic heterocycles. The zero-order valence-corrected chi connectivity index (χ0v) is 10.4. The Morgan fingerprint density at radius 3 is 2.44 bits per heavy atom. The van der Waals surface area contributed by atoms with Crippen molar-refractivity contribution in [1.29, 1.82) is 0 Å². The molecule has 0 aliphatic heterocycles. The topological polar surface area (TPSA) is 60.4 Å². The maximum Gasteiger partial charge on any atom is 1.00 e. The van der Waals surface area contributed by atoms with Gasteiger partial charge in [0.15, 0.2) is 0 Å². The molecule has 0 aliphatic carbocycles. The quantitative estimate of drug-likeness (QED) is 0.267. The fraction of sp³-hybridized carbons (Fsp3) is 0.636. The van der Waals surface area contributed by atoms with E-state index in [2.05, 4.69) is 6.92 Å². The predicted molar refractivity (Wildman–Crippen MR) is 55.9 cm³/mol. The molecular formula is C11H18LiNO3. The van der Waals surface area contributed by atoms with Gasteiger partial charge >= 0.3 is 18.9 Å². The minimum Gasteiger partial charge on any atom is -0.548 e. The van der Waals surface area contributed by atoms with Crippen LogP contribution in [0.3, 0.4) is 0 Å². The van der Waals surface area contributed by atoms with Gasteiger partial charge in [-0.15, -0.1) is 0 Å². The van der Waals surface area contributed by atoms with E-state index >= 15 is 0 Å². The van der Waals surface area contributed by atoms with Crippen molar-refractivity contribution in [1.82, 2.24) is 4.90 Å². The number of amides is 1. The molecular weight excluding hydrogens is 201 g/mol. The molecule has 0 rings (SSSR count). The number of allylic oxidation sites excluding steroid dienone is 1. The van der Waals surface area contributed by atoms with E-state index in [1.807, 2.05) is 0 Å². The summed E-state index contributed by atoms with van der Waals surface area (Å²) in [5.41, 5.74) is 0. The van der Waals surface area contributed by atoms with Crippen LogP contribution in [0.4, 0.5) is 0 Å². The first-order valence-corrected chi connectivity index (χ1v) is 5.19. The van der Waals surface area contributed by atoms with Crippen LogP contribution in [0.15, 0.2) is 12.2 Å². The van der Waals surface area contributed by atoms with Gasteiger partial charge in [-0.1, -0.05) is 25.8 Å². The van der Waals surface area contributed by atoms with E-state index < -0.39 is 5.97 Å². The van der Waals surface area contributed by atoms with Crippen LogP contribution in [0, 0.1) is 0 Å². The van der Waals surface area contributed by atoms with Crippen molar-refractivity contribution < 1.29 is 33.6 Å². The van der Waals surface area contributed by atoms with Crippen LogP contribution in [-0.4, -0.2) is 30.4 Å². The van der Waals surface area contributed by atoms with Gasteiger partial charge in [-0.2, -0.15) is 0 Å². The van der Waals surface area contributed by atoms with Crippen LogP contribution in [-0.2, 0) is 9.59 Å². The third kappa shape index (κ3) is 9.82. The number of unbranched alkanes of at least 4 members (excludes halogenated alkanes) is 3. The Hall–Kier alpha value is -0.723. The number of rotatable bonds is 7. The third-order valence-electron chi connectivity index (χ3n) is 1.98. The molecule has 4 nitrogen and oxygen atoms in total. The molecule has 0 saturated heterocycles. The summed E-state index contributed by atoms with van der Waals surface area (Å²) in [7, 11) is 1.44. The molecule has 5 heteroatoms. The number of aliphatic carboxylic acids is 1. The van der Waals surface area contributed by atoms with Crippen molar-refractivity contribution in [3.63, 3.8) is 0 Å². The fourth-order valence-corrected chi connectivity index (χ4v) is 1.10. The molecule has 0 heterocycles. The van der Waals surface area contributed by atoms with E-state index in [-0.39, 0.29) is 31.3 Å². The molecule has 0 saturated carbocycles. The minimum absolute atomic E-state index is 0. The molecule has 0 aromatic carbocycles. The first-order valence-electron chi connectivity index (χ1n) is 5.19. The maximum absolute atomic E-state index is 11.3. The zero-order valence-electron chi connectivity index (χ0n) is 10.4. The van der Waals surface area contributed by atoms with Gasteiger partial charge in [0.2, 0.25) is 5.91 Å². The Morgan fingerprint density at radius 2 is 1.94 bits per heavy atom. The first-order chi connectivity index (χ1) is 7.07. The molecule has 1 amide bonds. The molecule has 0 unspecified atom stereocenters. The van der Waals surface area contributed by atoms with Crippen LogP contribution in [0.2, 0.25) is 0 Å². The predicted octanol–water partition coefficient (Wildman–Crippen LogP) is -2.66. The molecule has 0 N–H and O–H groups in total.